The molecule has 0 aromatic heterocycles. The highest BCUT2D eigenvalue weighted by Crippen LogP contribution is 2.11. The van der Waals surface area contributed by atoms with Crippen LogP contribution in [0.2, 0.25) is 0 Å². The molecule has 4 nitrogen and oxygen atoms in total. The van der Waals surface area contributed by atoms with Crippen LogP contribution in [-0.4, -0.2) is 60.6 Å². The standard InChI is InChI=1S/C10H20N2O2/c1-11(2)5-3-4-6-12-8-9(13)7-10(12)14/h9,13H,3-8H2,1-2H3. The third kappa shape index (κ3) is 3.64. The molecule has 1 saturated heterocycles. The lowest BCUT2D eigenvalue weighted by Crippen LogP contribution is -2.27. The minimum absolute atomic E-state index is 0.0994. The van der Waals surface area contributed by atoms with E-state index < -0.39 is 6.10 Å². The van der Waals surface area contributed by atoms with E-state index >= 15 is 0 Å². The number of hydrogen-bond acceptors (Lipinski definition) is 3. The largest absolute Gasteiger partial charge is 0.391 e. The Labute approximate surface area is 85.5 Å². The lowest BCUT2D eigenvalue weighted by Gasteiger charge is -2.16. The fourth-order valence-electron chi connectivity index (χ4n) is 1.70. The van der Waals surface area contributed by atoms with Crippen LogP contribution in [0.4, 0.5) is 0 Å². The van der Waals surface area contributed by atoms with E-state index in [-0.39, 0.29) is 5.91 Å². The topological polar surface area (TPSA) is 43.8 Å². The SMILES string of the molecule is CN(C)CCCCN1CC(O)CC1=O. The van der Waals surface area contributed by atoms with Gasteiger partial charge in [0.2, 0.25) is 5.91 Å². The van der Waals surface area contributed by atoms with Crippen molar-refractivity contribution in [3.05, 3.63) is 0 Å². The number of amides is 1. The molecule has 0 radical (unpaired) electrons. The second-order valence-electron chi connectivity index (χ2n) is 4.21. The number of rotatable bonds is 5. The van der Waals surface area contributed by atoms with E-state index in [0.29, 0.717) is 13.0 Å². The van der Waals surface area contributed by atoms with Crippen molar-refractivity contribution in [3.63, 3.8) is 0 Å². The summed E-state index contributed by atoms with van der Waals surface area (Å²) >= 11 is 0. The van der Waals surface area contributed by atoms with Crippen molar-refractivity contribution >= 4 is 5.91 Å². The van der Waals surface area contributed by atoms with Crippen LogP contribution in [0, 0.1) is 0 Å². The van der Waals surface area contributed by atoms with Crippen LogP contribution in [0.5, 0.6) is 0 Å². The summed E-state index contributed by atoms with van der Waals surface area (Å²) in [6.45, 7) is 2.38. The molecule has 1 aliphatic heterocycles. The number of nitrogens with zero attached hydrogens (tertiary/aromatic N) is 2. The Balaban J connectivity index is 2.10. The van der Waals surface area contributed by atoms with Gasteiger partial charge in [-0.25, -0.2) is 0 Å². The van der Waals surface area contributed by atoms with Gasteiger partial charge < -0.3 is 14.9 Å². The van der Waals surface area contributed by atoms with Gasteiger partial charge in [-0.15, -0.1) is 0 Å². The lowest BCUT2D eigenvalue weighted by atomic mass is 10.3. The Bertz CT molecular complexity index is 195. The van der Waals surface area contributed by atoms with Gasteiger partial charge >= 0.3 is 0 Å². The van der Waals surface area contributed by atoms with Crippen molar-refractivity contribution in [2.24, 2.45) is 0 Å². The van der Waals surface area contributed by atoms with Gasteiger partial charge in [0.25, 0.3) is 0 Å². The lowest BCUT2D eigenvalue weighted by molar-refractivity contribution is -0.127. The first-order valence-corrected chi connectivity index (χ1v) is 5.20. The molecule has 0 saturated carbocycles. The third-order valence-corrected chi connectivity index (χ3v) is 2.48. The number of aliphatic hydroxyl groups is 1. The number of unbranched alkanes of at least 4 members (excludes halogenated alkanes) is 1. The molecule has 14 heavy (non-hydrogen) atoms. The second-order valence-corrected chi connectivity index (χ2v) is 4.21. The molecule has 1 fully saturated rings. The van der Waals surface area contributed by atoms with Gasteiger partial charge in [0.1, 0.15) is 0 Å². The Morgan fingerprint density at radius 1 is 1.50 bits per heavy atom. The molecule has 1 unspecified atom stereocenters. The summed E-state index contributed by atoms with van der Waals surface area (Å²) in [5.74, 6) is 0.0994. The zero-order valence-electron chi connectivity index (χ0n) is 9.07. The van der Waals surface area contributed by atoms with E-state index in [1.165, 1.54) is 0 Å². The smallest absolute Gasteiger partial charge is 0.225 e. The van der Waals surface area contributed by atoms with Gasteiger partial charge in [-0.3, -0.25) is 4.79 Å². The van der Waals surface area contributed by atoms with E-state index in [1.54, 1.807) is 4.90 Å². The van der Waals surface area contributed by atoms with Crippen LogP contribution < -0.4 is 0 Å². The molecule has 0 aromatic carbocycles. The van der Waals surface area contributed by atoms with Crippen LogP contribution >= 0.6 is 0 Å². The monoisotopic (exact) mass is 200 g/mol. The van der Waals surface area contributed by atoms with E-state index in [9.17, 15) is 9.90 Å². The summed E-state index contributed by atoms with van der Waals surface area (Å²) in [5, 5.41) is 9.24. The molecule has 0 bridgehead atoms. The minimum Gasteiger partial charge on any atom is -0.391 e. The zero-order valence-corrected chi connectivity index (χ0v) is 9.07. The highest BCUT2D eigenvalue weighted by molar-refractivity contribution is 5.78. The highest BCUT2D eigenvalue weighted by Gasteiger charge is 2.26. The molecule has 0 aromatic rings. The summed E-state index contributed by atoms with van der Waals surface area (Å²) in [6.07, 6.45) is 2.01. The number of aliphatic hydroxyl groups excluding tert-OH is 1. The molecule has 1 N–H and O–H groups in total. The fourth-order valence-corrected chi connectivity index (χ4v) is 1.70. The number of likely N-dealkylation sites (tertiary alicyclic amines) is 1. The Morgan fingerprint density at radius 2 is 2.21 bits per heavy atom. The molecule has 82 valence electrons. The fraction of sp³-hybridized carbons (Fsp3) is 0.900. The first-order chi connectivity index (χ1) is 6.59. The Morgan fingerprint density at radius 3 is 2.71 bits per heavy atom. The highest BCUT2D eigenvalue weighted by atomic mass is 16.3. The zero-order chi connectivity index (χ0) is 10.6. The summed E-state index contributed by atoms with van der Waals surface area (Å²) in [4.78, 5) is 15.2. The average molecular weight is 200 g/mol. The first-order valence-electron chi connectivity index (χ1n) is 5.20. The van der Waals surface area contributed by atoms with Crippen LogP contribution in [0.15, 0.2) is 0 Å². The van der Waals surface area contributed by atoms with Crippen LogP contribution in [0.3, 0.4) is 0 Å². The van der Waals surface area contributed by atoms with Crippen molar-refractivity contribution in [2.75, 3.05) is 33.7 Å². The molecule has 1 amide bonds. The van der Waals surface area contributed by atoms with Crippen molar-refractivity contribution in [1.29, 1.82) is 0 Å². The van der Waals surface area contributed by atoms with Crippen molar-refractivity contribution < 1.29 is 9.90 Å². The predicted molar refractivity (Wildman–Crippen MR) is 55.0 cm³/mol. The molecule has 0 spiro atoms. The molecule has 0 aliphatic carbocycles. The molecule has 1 atom stereocenters. The maximum absolute atomic E-state index is 11.3. The van der Waals surface area contributed by atoms with Crippen molar-refractivity contribution in [1.82, 2.24) is 9.80 Å². The first kappa shape index (κ1) is 11.5. The number of hydrogen-bond donors (Lipinski definition) is 1. The molecule has 4 heteroatoms. The summed E-state index contributed by atoms with van der Waals surface area (Å²) in [7, 11) is 4.09. The summed E-state index contributed by atoms with van der Waals surface area (Å²) in [6, 6.07) is 0. The Kier molecular flexibility index (Phi) is 4.35. The molecular formula is C10H20N2O2. The van der Waals surface area contributed by atoms with E-state index in [0.717, 1.165) is 25.9 Å². The number of β-amino-alcohol motifs (C(OH)–C–C–N with tert-alkyl or cyclic N) is 1. The summed E-state index contributed by atoms with van der Waals surface area (Å²) in [5.41, 5.74) is 0. The number of carbonyl (C=O) groups excluding carboxylic acids is 1. The normalized spacial score (nSPS) is 22.4. The van der Waals surface area contributed by atoms with E-state index in [4.69, 9.17) is 0 Å². The predicted octanol–water partition coefficient (Wildman–Crippen LogP) is -0.0786. The maximum atomic E-state index is 11.3. The number of carbonyl (C=O) groups is 1. The van der Waals surface area contributed by atoms with Gasteiger partial charge in [-0.1, -0.05) is 0 Å². The minimum atomic E-state index is -0.434. The van der Waals surface area contributed by atoms with Gasteiger partial charge in [0.15, 0.2) is 0 Å². The van der Waals surface area contributed by atoms with Gasteiger partial charge in [0, 0.05) is 13.1 Å². The van der Waals surface area contributed by atoms with Crippen LogP contribution in [0.1, 0.15) is 19.3 Å². The van der Waals surface area contributed by atoms with Gasteiger partial charge in [-0.2, -0.15) is 0 Å². The maximum Gasteiger partial charge on any atom is 0.225 e. The second kappa shape index (κ2) is 5.32. The van der Waals surface area contributed by atoms with Crippen molar-refractivity contribution in [2.45, 2.75) is 25.4 Å². The van der Waals surface area contributed by atoms with E-state index in [1.807, 2.05) is 14.1 Å². The summed E-state index contributed by atoms with van der Waals surface area (Å²) < 4.78 is 0. The molecular weight excluding hydrogens is 180 g/mol. The average Bonchev–Trinajstić information content (AvgIpc) is 2.39. The van der Waals surface area contributed by atoms with Gasteiger partial charge in [0.05, 0.1) is 12.5 Å². The van der Waals surface area contributed by atoms with E-state index in [2.05, 4.69) is 4.90 Å². The third-order valence-electron chi connectivity index (χ3n) is 2.48. The molecule has 1 heterocycles. The molecule has 1 rings (SSSR count). The van der Waals surface area contributed by atoms with Crippen LogP contribution in [-0.2, 0) is 4.79 Å². The van der Waals surface area contributed by atoms with Crippen molar-refractivity contribution in [3.8, 4) is 0 Å². The van der Waals surface area contributed by atoms with Gasteiger partial charge in [-0.05, 0) is 33.5 Å². The van der Waals surface area contributed by atoms with Crippen LogP contribution in [0.25, 0.3) is 0 Å². The quantitative estimate of drug-likeness (QED) is 0.631. The molecule has 1 aliphatic rings. The Hall–Kier alpha value is -0.610.